The molecule has 2 heterocycles. The van der Waals surface area contributed by atoms with E-state index in [1.807, 2.05) is 11.9 Å². The average Bonchev–Trinajstić information content (AvgIpc) is 2.39. The van der Waals surface area contributed by atoms with Crippen molar-refractivity contribution in [3.05, 3.63) is 24.0 Å². The van der Waals surface area contributed by atoms with Crippen LogP contribution in [-0.2, 0) is 6.54 Å². The molecule has 1 fully saturated rings. The van der Waals surface area contributed by atoms with Gasteiger partial charge >= 0.3 is 6.18 Å². The van der Waals surface area contributed by atoms with Crippen molar-refractivity contribution in [2.24, 2.45) is 5.92 Å². The first-order valence-electron chi connectivity index (χ1n) is 6.41. The Labute approximate surface area is 110 Å². The maximum absolute atomic E-state index is 12.8. The molecule has 106 valence electrons. The Morgan fingerprint density at radius 1 is 1.47 bits per heavy atom. The van der Waals surface area contributed by atoms with E-state index in [4.69, 9.17) is 0 Å². The zero-order chi connectivity index (χ0) is 13.9. The Morgan fingerprint density at radius 3 is 2.95 bits per heavy atom. The summed E-state index contributed by atoms with van der Waals surface area (Å²) in [4.78, 5) is 5.87. The van der Waals surface area contributed by atoms with Crippen molar-refractivity contribution in [1.82, 2.24) is 10.3 Å². The maximum Gasteiger partial charge on any atom is 0.393 e. The largest absolute Gasteiger partial charge is 0.393 e. The molecule has 1 aliphatic rings. The number of aromatic nitrogens is 1. The van der Waals surface area contributed by atoms with E-state index in [1.165, 1.54) is 0 Å². The fourth-order valence-corrected chi connectivity index (χ4v) is 2.52. The lowest BCUT2D eigenvalue weighted by Crippen LogP contribution is -2.42. The topological polar surface area (TPSA) is 28.2 Å². The van der Waals surface area contributed by atoms with Crippen LogP contribution in [0.4, 0.5) is 18.9 Å². The van der Waals surface area contributed by atoms with Gasteiger partial charge in [0.15, 0.2) is 0 Å². The molecule has 1 saturated heterocycles. The number of piperidine rings is 1. The van der Waals surface area contributed by atoms with Crippen LogP contribution in [0, 0.1) is 5.92 Å². The van der Waals surface area contributed by atoms with Crippen LogP contribution >= 0.6 is 0 Å². The van der Waals surface area contributed by atoms with Crippen molar-refractivity contribution in [3.63, 3.8) is 0 Å². The first-order chi connectivity index (χ1) is 9.02. The number of alkyl halides is 3. The summed E-state index contributed by atoms with van der Waals surface area (Å²) in [5.74, 6) is -1.23. The lowest BCUT2D eigenvalue weighted by Gasteiger charge is -2.36. The second-order valence-corrected chi connectivity index (χ2v) is 4.86. The molecule has 0 aliphatic carbocycles. The molecular weight excluding hydrogens is 255 g/mol. The minimum absolute atomic E-state index is 0.0459. The highest BCUT2D eigenvalue weighted by molar-refractivity contribution is 5.52. The molecule has 0 amide bonds. The minimum atomic E-state index is -4.10. The number of nitrogens with zero attached hydrogens (tertiary/aromatic N) is 2. The predicted octanol–water partition coefficient (Wildman–Crippen LogP) is 2.58. The molecule has 0 saturated carbocycles. The smallest absolute Gasteiger partial charge is 0.371 e. The first kappa shape index (κ1) is 14.1. The van der Waals surface area contributed by atoms with Crippen LogP contribution in [0.1, 0.15) is 18.4 Å². The summed E-state index contributed by atoms with van der Waals surface area (Å²) in [6.45, 7) is 1.33. The number of rotatable bonds is 3. The van der Waals surface area contributed by atoms with Gasteiger partial charge in [-0.2, -0.15) is 13.2 Å². The summed E-state index contributed by atoms with van der Waals surface area (Å²) < 4.78 is 38.5. The summed E-state index contributed by atoms with van der Waals surface area (Å²) in [5, 5.41) is 3.02. The molecular formula is C13H18F3N3. The summed E-state index contributed by atoms with van der Waals surface area (Å²) in [7, 11) is 1.81. The Morgan fingerprint density at radius 2 is 2.26 bits per heavy atom. The molecule has 1 atom stereocenters. The highest BCUT2D eigenvalue weighted by atomic mass is 19.4. The Hall–Kier alpha value is -1.30. The molecule has 1 aliphatic heterocycles. The van der Waals surface area contributed by atoms with Gasteiger partial charge in [0.2, 0.25) is 0 Å². The van der Waals surface area contributed by atoms with Crippen LogP contribution < -0.4 is 10.2 Å². The number of hydrogen-bond acceptors (Lipinski definition) is 3. The normalized spacial score (nSPS) is 20.6. The molecule has 6 heteroatoms. The van der Waals surface area contributed by atoms with Crippen molar-refractivity contribution in [3.8, 4) is 0 Å². The third-order valence-electron chi connectivity index (χ3n) is 3.47. The van der Waals surface area contributed by atoms with Crippen LogP contribution in [0.15, 0.2) is 18.5 Å². The van der Waals surface area contributed by atoms with E-state index in [-0.39, 0.29) is 13.0 Å². The molecule has 1 aromatic rings. The standard InChI is InChI=1S/C13H18F3N3/c1-17-7-10-8-18-5-4-12(10)19-6-2-3-11(9-19)13(14,15)16/h4-5,8,11,17H,2-3,6-7,9H2,1H3. The number of halogens is 3. The molecule has 3 nitrogen and oxygen atoms in total. The Balaban J connectivity index is 2.17. The fraction of sp³-hybridized carbons (Fsp3) is 0.615. The summed E-state index contributed by atoms with van der Waals surface area (Å²) >= 11 is 0. The lowest BCUT2D eigenvalue weighted by molar-refractivity contribution is -0.176. The Bertz CT molecular complexity index is 420. The molecule has 0 bridgehead atoms. The van der Waals surface area contributed by atoms with Crippen LogP contribution in [0.25, 0.3) is 0 Å². The van der Waals surface area contributed by atoms with Gasteiger partial charge in [0.25, 0.3) is 0 Å². The van der Waals surface area contributed by atoms with Gasteiger partial charge in [-0.15, -0.1) is 0 Å². The molecule has 1 aromatic heterocycles. The van der Waals surface area contributed by atoms with E-state index in [9.17, 15) is 13.2 Å². The summed E-state index contributed by atoms with van der Waals surface area (Å²) in [6, 6.07) is 1.80. The third kappa shape index (κ3) is 3.37. The van der Waals surface area contributed by atoms with Crippen LogP contribution in [0.3, 0.4) is 0 Å². The fourth-order valence-electron chi connectivity index (χ4n) is 2.52. The average molecular weight is 273 g/mol. The zero-order valence-electron chi connectivity index (χ0n) is 10.9. The van der Waals surface area contributed by atoms with E-state index in [0.717, 1.165) is 11.3 Å². The molecule has 0 spiro atoms. The van der Waals surface area contributed by atoms with E-state index in [2.05, 4.69) is 10.3 Å². The molecule has 19 heavy (non-hydrogen) atoms. The third-order valence-corrected chi connectivity index (χ3v) is 3.47. The highest BCUT2D eigenvalue weighted by Gasteiger charge is 2.42. The van der Waals surface area contributed by atoms with Gasteiger partial charge in [-0.3, -0.25) is 4.98 Å². The van der Waals surface area contributed by atoms with Crippen LogP contribution in [0.5, 0.6) is 0 Å². The zero-order valence-corrected chi connectivity index (χ0v) is 10.9. The van der Waals surface area contributed by atoms with Gasteiger partial charge in [0.1, 0.15) is 0 Å². The second-order valence-electron chi connectivity index (χ2n) is 4.86. The summed E-state index contributed by atoms with van der Waals surface area (Å²) in [6.07, 6.45) is 0.0432. The molecule has 0 aromatic carbocycles. The predicted molar refractivity (Wildman–Crippen MR) is 68.0 cm³/mol. The van der Waals surface area contributed by atoms with Crippen LogP contribution in [-0.4, -0.2) is 31.3 Å². The van der Waals surface area contributed by atoms with Gasteiger partial charge in [-0.05, 0) is 26.0 Å². The second kappa shape index (κ2) is 5.77. The SMILES string of the molecule is CNCc1cnccc1N1CCCC(C(F)(F)F)C1. The first-order valence-corrected chi connectivity index (χ1v) is 6.41. The number of hydrogen-bond donors (Lipinski definition) is 1. The quantitative estimate of drug-likeness (QED) is 0.917. The molecule has 1 unspecified atom stereocenters. The van der Waals surface area contributed by atoms with Gasteiger partial charge in [0.05, 0.1) is 5.92 Å². The van der Waals surface area contributed by atoms with Crippen molar-refractivity contribution in [2.45, 2.75) is 25.6 Å². The van der Waals surface area contributed by atoms with Gasteiger partial charge in [-0.25, -0.2) is 0 Å². The minimum Gasteiger partial charge on any atom is -0.371 e. The van der Waals surface area contributed by atoms with E-state index < -0.39 is 12.1 Å². The number of nitrogens with one attached hydrogen (secondary N) is 1. The molecule has 1 N–H and O–H groups in total. The van der Waals surface area contributed by atoms with E-state index >= 15 is 0 Å². The van der Waals surface area contributed by atoms with E-state index in [0.29, 0.717) is 19.5 Å². The Kier molecular flexibility index (Phi) is 4.29. The van der Waals surface area contributed by atoms with E-state index in [1.54, 1.807) is 18.5 Å². The van der Waals surface area contributed by atoms with Crippen molar-refractivity contribution in [1.29, 1.82) is 0 Å². The molecule has 2 rings (SSSR count). The highest BCUT2D eigenvalue weighted by Crippen LogP contribution is 2.35. The number of pyridine rings is 1. The monoisotopic (exact) mass is 273 g/mol. The van der Waals surface area contributed by atoms with Gasteiger partial charge in [0, 0.05) is 43.3 Å². The van der Waals surface area contributed by atoms with Gasteiger partial charge in [-0.1, -0.05) is 0 Å². The van der Waals surface area contributed by atoms with Gasteiger partial charge < -0.3 is 10.2 Å². The maximum atomic E-state index is 12.8. The number of anilines is 1. The molecule has 0 radical (unpaired) electrons. The lowest BCUT2D eigenvalue weighted by atomic mass is 9.96. The van der Waals surface area contributed by atoms with Crippen molar-refractivity contribution in [2.75, 3.05) is 25.0 Å². The van der Waals surface area contributed by atoms with Crippen molar-refractivity contribution < 1.29 is 13.2 Å². The van der Waals surface area contributed by atoms with Crippen molar-refractivity contribution >= 4 is 5.69 Å². The van der Waals surface area contributed by atoms with Crippen LogP contribution in [0.2, 0.25) is 0 Å². The summed E-state index contributed by atoms with van der Waals surface area (Å²) in [5.41, 5.74) is 1.80.